The molecule has 0 aliphatic rings. The number of hydrogen-bond acceptors (Lipinski definition) is 2. The summed E-state index contributed by atoms with van der Waals surface area (Å²) in [6.45, 7) is 0. The number of nitrogens with one attached hydrogen (secondary N) is 2. The van der Waals surface area contributed by atoms with Gasteiger partial charge >= 0.3 is 0 Å². The number of rotatable bonds is 2. The lowest BCUT2D eigenvalue weighted by molar-refractivity contribution is 1.34. The molecule has 0 fully saturated rings. The monoisotopic (exact) mass is 302 g/mol. The van der Waals surface area contributed by atoms with E-state index in [1.807, 2.05) is 42.5 Å². The fourth-order valence-corrected chi connectivity index (χ4v) is 2.22. The number of imidazole rings is 1. The fourth-order valence-electron chi connectivity index (χ4n) is 1.97. The molecule has 1 heterocycles. The van der Waals surface area contributed by atoms with Gasteiger partial charge in [-0.25, -0.2) is 4.98 Å². The summed E-state index contributed by atoms with van der Waals surface area (Å²) in [6.07, 6.45) is 0. The van der Waals surface area contributed by atoms with Crippen LogP contribution in [0.15, 0.2) is 42.5 Å². The van der Waals surface area contributed by atoms with Crippen molar-refractivity contribution in [1.82, 2.24) is 9.97 Å². The predicted molar refractivity (Wildman–Crippen MR) is 86.9 cm³/mol. The molecule has 2 aromatic carbocycles. The molecule has 0 saturated heterocycles. The quantitative estimate of drug-likeness (QED) is 0.633. The highest BCUT2D eigenvalue weighted by Gasteiger charge is 2.06. The average Bonchev–Trinajstić information content (AvgIpc) is 2.81. The minimum absolute atomic E-state index is 0.238. The third-order valence-corrected chi connectivity index (χ3v) is 3.22. The van der Waals surface area contributed by atoms with E-state index in [9.17, 15) is 0 Å². The van der Waals surface area contributed by atoms with Crippen molar-refractivity contribution in [2.45, 2.75) is 0 Å². The summed E-state index contributed by atoms with van der Waals surface area (Å²) >= 11 is 10.7. The SMILES string of the molecule is NC(=S)Nc1ccc2nc(-c3ccc(Cl)cc3)[nH]c2c1. The molecule has 0 spiro atoms. The Kier molecular flexibility index (Phi) is 3.30. The molecule has 0 saturated carbocycles. The number of hydrogen-bond donors (Lipinski definition) is 3. The number of halogens is 1. The normalized spacial score (nSPS) is 10.7. The second kappa shape index (κ2) is 5.11. The Hall–Kier alpha value is -2.11. The summed E-state index contributed by atoms with van der Waals surface area (Å²) in [4.78, 5) is 7.81. The first-order valence-corrected chi connectivity index (χ1v) is 6.72. The second-order valence-corrected chi connectivity index (χ2v) is 5.19. The number of aromatic amines is 1. The maximum Gasteiger partial charge on any atom is 0.168 e. The lowest BCUT2D eigenvalue weighted by Gasteiger charge is -2.02. The minimum atomic E-state index is 0.238. The fraction of sp³-hybridized carbons (Fsp3) is 0. The number of thiocarbonyl (C=S) groups is 1. The Morgan fingerprint density at radius 1 is 1.20 bits per heavy atom. The van der Waals surface area contributed by atoms with Crippen molar-refractivity contribution in [3.05, 3.63) is 47.5 Å². The molecule has 3 rings (SSSR count). The molecule has 0 atom stereocenters. The zero-order valence-corrected chi connectivity index (χ0v) is 11.9. The van der Waals surface area contributed by atoms with Crippen LogP contribution in [0.4, 0.5) is 5.69 Å². The third-order valence-electron chi connectivity index (χ3n) is 2.87. The van der Waals surface area contributed by atoms with Gasteiger partial charge in [-0.15, -0.1) is 0 Å². The molecule has 6 heteroatoms. The summed E-state index contributed by atoms with van der Waals surface area (Å²) in [5, 5.41) is 3.84. The average molecular weight is 303 g/mol. The van der Waals surface area contributed by atoms with Gasteiger partial charge in [0, 0.05) is 16.3 Å². The van der Waals surface area contributed by atoms with Gasteiger partial charge in [0.05, 0.1) is 11.0 Å². The molecule has 4 nitrogen and oxygen atoms in total. The third kappa shape index (κ3) is 2.59. The highest BCUT2D eigenvalue weighted by Crippen LogP contribution is 2.23. The largest absolute Gasteiger partial charge is 0.376 e. The Morgan fingerprint density at radius 3 is 2.65 bits per heavy atom. The molecular weight excluding hydrogens is 292 g/mol. The maximum atomic E-state index is 5.88. The molecule has 4 N–H and O–H groups in total. The number of fused-ring (bicyclic) bond motifs is 1. The van der Waals surface area contributed by atoms with Crippen molar-refractivity contribution in [3.63, 3.8) is 0 Å². The molecule has 20 heavy (non-hydrogen) atoms. The minimum Gasteiger partial charge on any atom is -0.376 e. The Balaban J connectivity index is 2.01. The van der Waals surface area contributed by atoms with Crippen LogP contribution in [0.1, 0.15) is 0 Å². The van der Waals surface area contributed by atoms with Gasteiger partial charge in [-0.3, -0.25) is 0 Å². The summed E-state index contributed by atoms with van der Waals surface area (Å²) in [7, 11) is 0. The summed E-state index contributed by atoms with van der Waals surface area (Å²) in [5.74, 6) is 0.796. The van der Waals surface area contributed by atoms with E-state index in [1.165, 1.54) is 0 Å². The molecule has 0 aliphatic heterocycles. The summed E-state index contributed by atoms with van der Waals surface area (Å²) in [6, 6.07) is 13.2. The lowest BCUT2D eigenvalue weighted by atomic mass is 10.2. The lowest BCUT2D eigenvalue weighted by Crippen LogP contribution is -2.18. The van der Waals surface area contributed by atoms with Crippen LogP contribution in [-0.4, -0.2) is 15.1 Å². The highest BCUT2D eigenvalue weighted by molar-refractivity contribution is 7.80. The van der Waals surface area contributed by atoms with Crippen LogP contribution in [0, 0.1) is 0 Å². The van der Waals surface area contributed by atoms with Gasteiger partial charge in [0.25, 0.3) is 0 Å². The van der Waals surface area contributed by atoms with Gasteiger partial charge in [-0.1, -0.05) is 11.6 Å². The zero-order chi connectivity index (χ0) is 14.1. The highest BCUT2D eigenvalue weighted by atomic mass is 35.5. The van der Waals surface area contributed by atoms with E-state index in [1.54, 1.807) is 0 Å². The van der Waals surface area contributed by atoms with Crippen molar-refractivity contribution in [1.29, 1.82) is 0 Å². The van der Waals surface area contributed by atoms with E-state index < -0.39 is 0 Å². The second-order valence-electron chi connectivity index (χ2n) is 4.31. The van der Waals surface area contributed by atoms with Crippen LogP contribution in [0.3, 0.4) is 0 Å². The molecule has 100 valence electrons. The van der Waals surface area contributed by atoms with Gasteiger partial charge < -0.3 is 16.0 Å². The first-order chi connectivity index (χ1) is 9.61. The topological polar surface area (TPSA) is 66.7 Å². The van der Waals surface area contributed by atoms with E-state index in [2.05, 4.69) is 15.3 Å². The molecule has 0 amide bonds. The van der Waals surface area contributed by atoms with Crippen LogP contribution in [0.2, 0.25) is 5.02 Å². The van der Waals surface area contributed by atoms with E-state index in [0.717, 1.165) is 28.1 Å². The number of nitrogens with zero attached hydrogens (tertiary/aromatic N) is 1. The number of aromatic nitrogens is 2. The van der Waals surface area contributed by atoms with Crippen molar-refractivity contribution < 1.29 is 0 Å². The van der Waals surface area contributed by atoms with Gasteiger partial charge in [-0.2, -0.15) is 0 Å². The van der Waals surface area contributed by atoms with Crippen LogP contribution in [0.5, 0.6) is 0 Å². The molecule has 0 bridgehead atoms. The Labute approximate surface area is 126 Å². The number of anilines is 1. The van der Waals surface area contributed by atoms with Gasteiger partial charge in [-0.05, 0) is 54.7 Å². The van der Waals surface area contributed by atoms with Crippen molar-refractivity contribution in [2.24, 2.45) is 5.73 Å². The van der Waals surface area contributed by atoms with Crippen LogP contribution in [-0.2, 0) is 0 Å². The molecule has 0 radical (unpaired) electrons. The van der Waals surface area contributed by atoms with E-state index in [4.69, 9.17) is 29.6 Å². The molecule has 1 aromatic heterocycles. The Morgan fingerprint density at radius 2 is 1.95 bits per heavy atom. The number of H-pyrrole nitrogens is 1. The van der Waals surface area contributed by atoms with Crippen molar-refractivity contribution in [3.8, 4) is 11.4 Å². The first kappa shape index (κ1) is 12.9. The summed E-state index contributed by atoms with van der Waals surface area (Å²) < 4.78 is 0. The summed E-state index contributed by atoms with van der Waals surface area (Å²) in [5.41, 5.74) is 9.06. The number of benzene rings is 2. The number of nitrogens with two attached hydrogens (primary N) is 1. The van der Waals surface area contributed by atoms with E-state index in [0.29, 0.717) is 5.02 Å². The molecular formula is C14H11ClN4S. The van der Waals surface area contributed by atoms with Crippen LogP contribution < -0.4 is 11.1 Å². The van der Waals surface area contributed by atoms with Crippen molar-refractivity contribution in [2.75, 3.05) is 5.32 Å². The van der Waals surface area contributed by atoms with E-state index in [-0.39, 0.29) is 5.11 Å². The standard InChI is InChI=1S/C14H11ClN4S/c15-9-3-1-8(2-4-9)13-18-11-6-5-10(17-14(16)20)7-12(11)19-13/h1-7H,(H,18,19)(H3,16,17,20). The first-order valence-electron chi connectivity index (χ1n) is 5.94. The van der Waals surface area contributed by atoms with Crippen molar-refractivity contribution >= 4 is 45.7 Å². The zero-order valence-electron chi connectivity index (χ0n) is 10.4. The Bertz CT molecular complexity index is 779. The maximum absolute atomic E-state index is 5.88. The van der Waals surface area contributed by atoms with Gasteiger partial charge in [0.1, 0.15) is 5.82 Å². The molecule has 0 aliphatic carbocycles. The molecule has 3 aromatic rings. The van der Waals surface area contributed by atoms with Crippen LogP contribution >= 0.6 is 23.8 Å². The van der Waals surface area contributed by atoms with Gasteiger partial charge in [0.15, 0.2) is 5.11 Å². The molecule has 0 unspecified atom stereocenters. The van der Waals surface area contributed by atoms with Crippen LogP contribution in [0.25, 0.3) is 22.4 Å². The smallest absolute Gasteiger partial charge is 0.168 e. The van der Waals surface area contributed by atoms with Gasteiger partial charge in [0.2, 0.25) is 0 Å². The predicted octanol–water partition coefficient (Wildman–Crippen LogP) is 3.54. The van der Waals surface area contributed by atoms with E-state index >= 15 is 0 Å².